The number of aliphatic hydroxyl groups excluding tert-OH is 1. The van der Waals surface area contributed by atoms with Gasteiger partial charge < -0.3 is 9.84 Å². The molecule has 2 fully saturated rings. The Balaban J connectivity index is 1.56. The van der Waals surface area contributed by atoms with E-state index in [4.69, 9.17) is 4.74 Å². The molecule has 4 heteroatoms. The Morgan fingerprint density at radius 3 is 2.68 bits per heavy atom. The van der Waals surface area contributed by atoms with Crippen molar-refractivity contribution in [2.45, 2.75) is 19.1 Å². The molecule has 0 aromatic heterocycles. The molecule has 1 N–H and O–H groups in total. The van der Waals surface area contributed by atoms with Gasteiger partial charge in [0.1, 0.15) is 0 Å². The maximum Gasteiger partial charge on any atom is 0.0834 e. The summed E-state index contributed by atoms with van der Waals surface area (Å²) < 4.78 is 5.41. The first-order valence-corrected chi connectivity index (χ1v) is 8.17. The Labute approximate surface area is 133 Å². The molecule has 0 radical (unpaired) electrons. The number of benzene rings is 1. The summed E-state index contributed by atoms with van der Waals surface area (Å²) in [7, 11) is 0. The number of β-amino-alcohol motifs (C(OH)–C–C–N with tert-alkyl or cyclic N) is 1. The van der Waals surface area contributed by atoms with E-state index in [1.807, 2.05) is 6.07 Å². The maximum absolute atomic E-state index is 10.4. The number of nitrogens with zero attached hydrogens (tertiary/aromatic N) is 2. The van der Waals surface area contributed by atoms with Crippen molar-refractivity contribution in [2.24, 2.45) is 0 Å². The molecule has 2 atom stereocenters. The molecule has 2 saturated heterocycles. The van der Waals surface area contributed by atoms with Crippen LogP contribution in [0.25, 0.3) is 6.08 Å². The fourth-order valence-electron chi connectivity index (χ4n) is 3.48. The summed E-state index contributed by atoms with van der Waals surface area (Å²) in [4.78, 5) is 4.74. The number of aliphatic hydroxyl groups is 1. The predicted molar refractivity (Wildman–Crippen MR) is 88.7 cm³/mol. The minimum atomic E-state index is -0.248. The summed E-state index contributed by atoms with van der Waals surface area (Å²) in [6.07, 6.45) is 1.98. The first-order valence-electron chi connectivity index (χ1n) is 8.17. The quantitative estimate of drug-likeness (QED) is 0.914. The zero-order valence-electron chi connectivity index (χ0n) is 13.3. The normalized spacial score (nSPS) is 28.2. The van der Waals surface area contributed by atoms with Gasteiger partial charge in [0.25, 0.3) is 0 Å². The van der Waals surface area contributed by atoms with Crippen LogP contribution in [0.15, 0.2) is 35.9 Å². The SMILES string of the molecule is C/C(=C\c1ccccc1)CN1C[C@H](O)[C@@H](N2CCOCC2)C1. The van der Waals surface area contributed by atoms with Crippen molar-refractivity contribution in [2.75, 3.05) is 45.9 Å². The fourth-order valence-corrected chi connectivity index (χ4v) is 3.48. The van der Waals surface area contributed by atoms with Crippen molar-refractivity contribution in [1.29, 1.82) is 0 Å². The van der Waals surface area contributed by atoms with E-state index in [1.165, 1.54) is 11.1 Å². The summed E-state index contributed by atoms with van der Waals surface area (Å²) >= 11 is 0. The Hall–Kier alpha value is -1.20. The van der Waals surface area contributed by atoms with Gasteiger partial charge in [-0.2, -0.15) is 0 Å². The number of morpholine rings is 1. The van der Waals surface area contributed by atoms with Crippen molar-refractivity contribution in [3.05, 3.63) is 41.5 Å². The van der Waals surface area contributed by atoms with Crippen LogP contribution in [0.2, 0.25) is 0 Å². The molecule has 120 valence electrons. The largest absolute Gasteiger partial charge is 0.390 e. The molecule has 0 spiro atoms. The lowest BCUT2D eigenvalue weighted by molar-refractivity contribution is -0.00614. The summed E-state index contributed by atoms with van der Waals surface area (Å²) in [5.41, 5.74) is 2.57. The highest BCUT2D eigenvalue weighted by atomic mass is 16.5. The zero-order chi connectivity index (χ0) is 15.4. The lowest BCUT2D eigenvalue weighted by atomic mass is 10.1. The van der Waals surface area contributed by atoms with E-state index in [0.717, 1.165) is 45.9 Å². The van der Waals surface area contributed by atoms with Gasteiger partial charge in [-0.05, 0) is 12.5 Å². The smallest absolute Gasteiger partial charge is 0.0834 e. The standard InChI is InChI=1S/C18H26N2O2/c1-15(11-16-5-3-2-4-6-16)12-19-13-17(18(21)14-19)20-7-9-22-10-8-20/h2-6,11,17-18,21H,7-10,12-14H2,1H3/b15-11+/t17-,18-/m0/s1. The van der Waals surface area contributed by atoms with Gasteiger partial charge in [-0.3, -0.25) is 9.80 Å². The Bertz CT molecular complexity index is 497. The molecule has 3 rings (SSSR count). The lowest BCUT2D eigenvalue weighted by Crippen LogP contribution is -2.48. The van der Waals surface area contributed by atoms with Gasteiger partial charge in [-0.25, -0.2) is 0 Å². The minimum absolute atomic E-state index is 0.248. The van der Waals surface area contributed by atoms with Crippen LogP contribution >= 0.6 is 0 Å². The zero-order valence-corrected chi connectivity index (χ0v) is 13.3. The maximum atomic E-state index is 10.4. The van der Waals surface area contributed by atoms with E-state index in [1.54, 1.807) is 0 Å². The molecule has 2 aliphatic rings. The van der Waals surface area contributed by atoms with E-state index in [0.29, 0.717) is 0 Å². The molecule has 4 nitrogen and oxygen atoms in total. The van der Waals surface area contributed by atoms with Crippen LogP contribution in [0.1, 0.15) is 12.5 Å². The van der Waals surface area contributed by atoms with Crippen molar-refractivity contribution in [1.82, 2.24) is 9.80 Å². The average Bonchev–Trinajstić information content (AvgIpc) is 2.89. The van der Waals surface area contributed by atoms with Crippen LogP contribution < -0.4 is 0 Å². The van der Waals surface area contributed by atoms with Crippen LogP contribution in [0, 0.1) is 0 Å². The monoisotopic (exact) mass is 302 g/mol. The van der Waals surface area contributed by atoms with E-state index >= 15 is 0 Å². The molecule has 22 heavy (non-hydrogen) atoms. The van der Waals surface area contributed by atoms with E-state index in [2.05, 4.69) is 47.1 Å². The van der Waals surface area contributed by atoms with Gasteiger partial charge in [-0.1, -0.05) is 42.0 Å². The average molecular weight is 302 g/mol. The highest BCUT2D eigenvalue weighted by Crippen LogP contribution is 2.19. The summed E-state index contributed by atoms with van der Waals surface area (Å²) in [6, 6.07) is 10.7. The first-order chi connectivity index (χ1) is 10.7. The van der Waals surface area contributed by atoms with Crippen LogP contribution in [0.5, 0.6) is 0 Å². The highest BCUT2D eigenvalue weighted by molar-refractivity contribution is 5.52. The van der Waals surface area contributed by atoms with Crippen LogP contribution in [0.4, 0.5) is 0 Å². The molecule has 1 aromatic carbocycles. The molecule has 2 aliphatic heterocycles. The fraction of sp³-hybridized carbons (Fsp3) is 0.556. The van der Waals surface area contributed by atoms with Gasteiger partial charge in [-0.15, -0.1) is 0 Å². The summed E-state index contributed by atoms with van der Waals surface area (Å²) in [5, 5.41) is 10.4. The Morgan fingerprint density at radius 1 is 1.23 bits per heavy atom. The summed E-state index contributed by atoms with van der Waals surface area (Å²) in [6.45, 7) is 8.26. The minimum Gasteiger partial charge on any atom is -0.390 e. The molecule has 1 aromatic rings. The molecule has 0 aliphatic carbocycles. The van der Waals surface area contributed by atoms with Crippen molar-refractivity contribution in [3.8, 4) is 0 Å². The first kappa shape index (κ1) is 15.7. The molecule has 2 heterocycles. The molecule has 0 amide bonds. The van der Waals surface area contributed by atoms with Gasteiger partial charge in [0.2, 0.25) is 0 Å². The van der Waals surface area contributed by atoms with Crippen molar-refractivity contribution < 1.29 is 9.84 Å². The van der Waals surface area contributed by atoms with Crippen molar-refractivity contribution >= 4 is 6.08 Å². The van der Waals surface area contributed by atoms with E-state index in [-0.39, 0.29) is 12.1 Å². The topological polar surface area (TPSA) is 35.9 Å². The number of hydrogen-bond donors (Lipinski definition) is 1. The van der Waals surface area contributed by atoms with Crippen molar-refractivity contribution in [3.63, 3.8) is 0 Å². The lowest BCUT2D eigenvalue weighted by Gasteiger charge is -2.33. The molecular formula is C18H26N2O2. The predicted octanol–water partition coefficient (Wildman–Crippen LogP) is 1.47. The third-order valence-electron chi connectivity index (χ3n) is 4.54. The second kappa shape index (κ2) is 7.38. The van der Waals surface area contributed by atoms with Crippen LogP contribution in [-0.4, -0.2) is 73.0 Å². The number of hydrogen-bond acceptors (Lipinski definition) is 4. The summed E-state index contributed by atoms with van der Waals surface area (Å²) in [5.74, 6) is 0. The second-order valence-corrected chi connectivity index (χ2v) is 6.38. The number of ether oxygens (including phenoxy) is 1. The second-order valence-electron chi connectivity index (χ2n) is 6.38. The van der Waals surface area contributed by atoms with E-state index < -0.39 is 0 Å². The highest BCUT2D eigenvalue weighted by Gasteiger charge is 2.35. The number of rotatable bonds is 4. The third kappa shape index (κ3) is 3.96. The van der Waals surface area contributed by atoms with Gasteiger partial charge in [0, 0.05) is 38.8 Å². The van der Waals surface area contributed by atoms with E-state index in [9.17, 15) is 5.11 Å². The molecule has 0 unspecified atom stereocenters. The number of likely N-dealkylation sites (tertiary alicyclic amines) is 1. The van der Waals surface area contributed by atoms with Gasteiger partial charge in [0.15, 0.2) is 0 Å². The van der Waals surface area contributed by atoms with Gasteiger partial charge >= 0.3 is 0 Å². The Morgan fingerprint density at radius 2 is 1.95 bits per heavy atom. The van der Waals surface area contributed by atoms with Crippen LogP contribution in [-0.2, 0) is 4.74 Å². The third-order valence-corrected chi connectivity index (χ3v) is 4.54. The molecule has 0 saturated carbocycles. The van der Waals surface area contributed by atoms with Crippen LogP contribution in [0.3, 0.4) is 0 Å². The molecular weight excluding hydrogens is 276 g/mol. The Kier molecular flexibility index (Phi) is 5.26. The molecule has 0 bridgehead atoms. The van der Waals surface area contributed by atoms with Gasteiger partial charge in [0.05, 0.1) is 19.3 Å².